The summed E-state index contributed by atoms with van der Waals surface area (Å²) >= 11 is 0. The quantitative estimate of drug-likeness (QED) is 0.555. The first-order chi connectivity index (χ1) is 12.4. The van der Waals surface area contributed by atoms with Gasteiger partial charge in [-0.3, -0.25) is 14.2 Å². The SMILES string of the molecule is CCC(=O)Oc1cccc2c(-c3ccc(C(N)=O)cc3)cn(C(N)=O)c12. The minimum atomic E-state index is -0.699. The largest absolute Gasteiger partial charge is 0.424 e. The number of aromatic nitrogens is 1. The van der Waals surface area contributed by atoms with Gasteiger partial charge < -0.3 is 16.2 Å². The van der Waals surface area contributed by atoms with Gasteiger partial charge in [-0.05, 0) is 23.8 Å². The minimum Gasteiger partial charge on any atom is -0.424 e. The van der Waals surface area contributed by atoms with Crippen LogP contribution in [0.4, 0.5) is 4.79 Å². The van der Waals surface area contributed by atoms with E-state index in [2.05, 4.69) is 0 Å². The highest BCUT2D eigenvalue weighted by Gasteiger charge is 2.18. The molecule has 0 atom stereocenters. The summed E-state index contributed by atoms with van der Waals surface area (Å²) in [7, 11) is 0. The second kappa shape index (κ2) is 6.72. The van der Waals surface area contributed by atoms with Crippen LogP contribution in [0.15, 0.2) is 48.7 Å². The molecule has 0 bridgehead atoms. The lowest BCUT2D eigenvalue weighted by Gasteiger charge is -2.07. The second-order valence-electron chi connectivity index (χ2n) is 5.67. The summed E-state index contributed by atoms with van der Waals surface area (Å²) < 4.78 is 6.58. The van der Waals surface area contributed by atoms with Gasteiger partial charge >= 0.3 is 12.0 Å². The molecular formula is C19H17N3O4. The smallest absolute Gasteiger partial charge is 0.323 e. The van der Waals surface area contributed by atoms with E-state index in [1.165, 1.54) is 4.57 Å². The molecule has 0 saturated heterocycles. The molecule has 3 rings (SSSR count). The van der Waals surface area contributed by atoms with E-state index in [0.29, 0.717) is 22.0 Å². The van der Waals surface area contributed by atoms with Crippen LogP contribution in [0.3, 0.4) is 0 Å². The Morgan fingerprint density at radius 1 is 1.04 bits per heavy atom. The fourth-order valence-electron chi connectivity index (χ4n) is 2.75. The molecule has 0 saturated carbocycles. The molecule has 1 aromatic heterocycles. The molecule has 2 amide bonds. The van der Waals surface area contributed by atoms with Crippen molar-refractivity contribution in [2.24, 2.45) is 11.5 Å². The Morgan fingerprint density at radius 2 is 1.73 bits per heavy atom. The van der Waals surface area contributed by atoms with E-state index in [0.717, 1.165) is 5.56 Å². The molecule has 1 heterocycles. The third-order valence-corrected chi connectivity index (χ3v) is 4.02. The molecule has 3 aromatic rings. The van der Waals surface area contributed by atoms with Crippen LogP contribution in [0.5, 0.6) is 5.75 Å². The van der Waals surface area contributed by atoms with Crippen LogP contribution >= 0.6 is 0 Å². The maximum atomic E-state index is 11.9. The molecule has 0 spiro atoms. The number of hydrogen-bond donors (Lipinski definition) is 2. The number of hydrogen-bond acceptors (Lipinski definition) is 4. The average molecular weight is 351 g/mol. The lowest BCUT2D eigenvalue weighted by molar-refractivity contribution is -0.133. The number of nitrogens with two attached hydrogens (primary N) is 2. The van der Waals surface area contributed by atoms with E-state index in [-0.39, 0.29) is 12.2 Å². The van der Waals surface area contributed by atoms with Gasteiger partial charge in [-0.25, -0.2) is 4.79 Å². The Bertz CT molecular complexity index is 1020. The summed E-state index contributed by atoms with van der Waals surface area (Å²) in [5.74, 6) is -0.680. The first-order valence-electron chi connectivity index (χ1n) is 7.97. The topological polar surface area (TPSA) is 117 Å². The zero-order valence-electron chi connectivity index (χ0n) is 14.1. The Kier molecular flexibility index (Phi) is 4.45. The van der Waals surface area contributed by atoms with Crippen LogP contribution in [0.1, 0.15) is 23.7 Å². The molecule has 2 aromatic carbocycles. The molecule has 0 aliphatic rings. The number of rotatable bonds is 4. The minimum absolute atomic E-state index is 0.203. The van der Waals surface area contributed by atoms with Gasteiger partial charge in [-0.15, -0.1) is 0 Å². The van der Waals surface area contributed by atoms with Crippen LogP contribution in [0, 0.1) is 0 Å². The van der Waals surface area contributed by atoms with Gasteiger partial charge in [0.05, 0.1) is 0 Å². The van der Waals surface area contributed by atoms with Crippen LogP contribution in [0.25, 0.3) is 22.0 Å². The van der Waals surface area contributed by atoms with Crippen LogP contribution in [-0.2, 0) is 4.79 Å². The van der Waals surface area contributed by atoms with Crippen LogP contribution in [0.2, 0.25) is 0 Å². The van der Waals surface area contributed by atoms with Crippen molar-refractivity contribution in [3.05, 3.63) is 54.2 Å². The predicted octanol–water partition coefficient (Wildman–Crippen LogP) is 2.65. The van der Waals surface area contributed by atoms with Crippen LogP contribution in [-0.4, -0.2) is 22.5 Å². The van der Waals surface area contributed by atoms with Gasteiger partial charge in [0.1, 0.15) is 5.52 Å². The zero-order chi connectivity index (χ0) is 18.8. The fourth-order valence-corrected chi connectivity index (χ4v) is 2.75. The van der Waals surface area contributed by atoms with Crippen LogP contribution < -0.4 is 16.2 Å². The summed E-state index contributed by atoms with van der Waals surface area (Å²) in [5, 5.41) is 0.692. The molecule has 0 radical (unpaired) electrons. The van der Waals surface area contributed by atoms with Gasteiger partial charge in [0.15, 0.2) is 5.75 Å². The fraction of sp³-hybridized carbons (Fsp3) is 0.105. The van der Waals surface area contributed by atoms with E-state index in [9.17, 15) is 14.4 Å². The highest BCUT2D eigenvalue weighted by atomic mass is 16.5. The number of benzene rings is 2. The van der Waals surface area contributed by atoms with Crippen molar-refractivity contribution < 1.29 is 19.1 Å². The maximum Gasteiger partial charge on any atom is 0.323 e. The summed E-state index contributed by atoms with van der Waals surface area (Å²) in [6.07, 6.45) is 1.78. The van der Waals surface area contributed by atoms with E-state index in [4.69, 9.17) is 16.2 Å². The second-order valence-corrected chi connectivity index (χ2v) is 5.67. The summed E-state index contributed by atoms with van der Waals surface area (Å²) in [5.41, 5.74) is 13.0. The Labute approximate surface area is 149 Å². The Morgan fingerprint density at radius 3 is 2.31 bits per heavy atom. The first-order valence-corrected chi connectivity index (χ1v) is 7.97. The molecule has 26 heavy (non-hydrogen) atoms. The van der Waals surface area contributed by atoms with Crippen molar-refractivity contribution in [3.63, 3.8) is 0 Å². The molecule has 0 aliphatic heterocycles. The summed E-state index contributed by atoms with van der Waals surface area (Å²) in [6, 6.07) is 11.1. The number of nitrogens with zero attached hydrogens (tertiary/aromatic N) is 1. The first kappa shape index (κ1) is 17.2. The van der Waals surface area contributed by atoms with E-state index >= 15 is 0 Å². The molecule has 7 heteroatoms. The van der Waals surface area contributed by atoms with Gasteiger partial charge in [0.2, 0.25) is 5.91 Å². The number of para-hydroxylation sites is 1. The van der Waals surface area contributed by atoms with Crippen molar-refractivity contribution >= 4 is 28.8 Å². The van der Waals surface area contributed by atoms with Gasteiger partial charge in [0, 0.05) is 29.1 Å². The molecule has 0 unspecified atom stereocenters. The molecule has 0 aliphatic carbocycles. The van der Waals surface area contributed by atoms with Crippen molar-refractivity contribution in [1.29, 1.82) is 0 Å². The third kappa shape index (κ3) is 3.02. The third-order valence-electron chi connectivity index (χ3n) is 4.02. The predicted molar refractivity (Wildman–Crippen MR) is 96.8 cm³/mol. The average Bonchev–Trinajstić information content (AvgIpc) is 3.02. The number of primary amides is 2. The zero-order valence-corrected chi connectivity index (χ0v) is 14.1. The van der Waals surface area contributed by atoms with Crippen molar-refractivity contribution in [2.45, 2.75) is 13.3 Å². The Balaban J connectivity index is 2.21. The van der Waals surface area contributed by atoms with Gasteiger partial charge in [-0.1, -0.05) is 31.2 Å². The summed E-state index contributed by atoms with van der Waals surface area (Å²) in [6.45, 7) is 1.68. The summed E-state index contributed by atoms with van der Waals surface area (Å²) in [4.78, 5) is 34.8. The normalized spacial score (nSPS) is 10.7. The van der Waals surface area contributed by atoms with Gasteiger partial charge in [0.25, 0.3) is 0 Å². The van der Waals surface area contributed by atoms with Crippen molar-refractivity contribution in [1.82, 2.24) is 4.57 Å². The van der Waals surface area contributed by atoms with Crippen molar-refractivity contribution in [3.8, 4) is 16.9 Å². The molecule has 132 valence electrons. The number of fused-ring (bicyclic) bond motifs is 1. The molecular weight excluding hydrogens is 334 g/mol. The van der Waals surface area contributed by atoms with Gasteiger partial charge in [-0.2, -0.15) is 0 Å². The van der Waals surface area contributed by atoms with Crippen molar-refractivity contribution in [2.75, 3.05) is 0 Å². The lowest BCUT2D eigenvalue weighted by Crippen LogP contribution is -2.19. The maximum absolute atomic E-state index is 11.9. The molecule has 4 N–H and O–H groups in total. The highest BCUT2D eigenvalue weighted by molar-refractivity contribution is 6.04. The number of ether oxygens (including phenoxy) is 1. The molecule has 0 fully saturated rings. The highest BCUT2D eigenvalue weighted by Crippen LogP contribution is 2.35. The van der Waals surface area contributed by atoms with E-state index in [1.807, 2.05) is 0 Å². The Hall–Kier alpha value is -3.61. The van der Waals surface area contributed by atoms with E-state index < -0.39 is 17.9 Å². The van der Waals surface area contributed by atoms with E-state index in [1.54, 1.807) is 55.6 Å². The monoisotopic (exact) mass is 351 g/mol. The molecule has 7 nitrogen and oxygen atoms in total. The standard InChI is InChI=1S/C19H17N3O4/c1-2-16(23)26-15-5-3-4-13-14(10-22(17(13)15)19(21)25)11-6-8-12(9-7-11)18(20)24/h3-10H,2H2,1H3,(H2,20,24)(H2,21,25). The lowest BCUT2D eigenvalue weighted by atomic mass is 10.0. The number of carbonyl (C=O) groups excluding carboxylic acids is 3. The number of esters is 1. The number of carbonyl (C=O) groups is 3. The number of amides is 2.